The molecule has 0 unspecified atom stereocenters. The topological polar surface area (TPSA) is 71.0 Å². The van der Waals surface area contributed by atoms with Gasteiger partial charge in [0.15, 0.2) is 16.6 Å². The van der Waals surface area contributed by atoms with Crippen LogP contribution >= 0.6 is 12.2 Å². The van der Waals surface area contributed by atoms with Crippen molar-refractivity contribution >= 4 is 29.3 Å². The van der Waals surface area contributed by atoms with Crippen LogP contribution in [0.15, 0.2) is 23.9 Å². The number of carbonyl (C=O) groups excluding carboxylic acids is 1. The molecule has 0 saturated carbocycles. The molecule has 0 spiro atoms. The lowest BCUT2D eigenvalue weighted by Crippen LogP contribution is -2.32. The highest BCUT2D eigenvalue weighted by molar-refractivity contribution is 7.80. The first kappa shape index (κ1) is 17.2. The average molecular weight is 336 g/mol. The first-order chi connectivity index (χ1) is 11.1. The number of phenolic OH excluding ortho intramolecular Hbond substituents is 1. The molecule has 1 aromatic rings. The lowest BCUT2D eigenvalue weighted by Gasteiger charge is -2.12. The number of rotatable bonds is 7. The van der Waals surface area contributed by atoms with Gasteiger partial charge in [-0.3, -0.25) is 9.69 Å². The van der Waals surface area contributed by atoms with Gasteiger partial charge in [-0.05, 0) is 49.3 Å². The van der Waals surface area contributed by atoms with E-state index in [1.165, 1.54) is 11.0 Å². The highest BCUT2D eigenvalue weighted by atomic mass is 32.1. The number of nitrogens with zero attached hydrogens (tertiary/aromatic N) is 1. The van der Waals surface area contributed by atoms with Crippen LogP contribution in [0.25, 0.3) is 6.08 Å². The molecule has 1 amide bonds. The summed E-state index contributed by atoms with van der Waals surface area (Å²) in [5.41, 5.74) is 1.14. The lowest BCUT2D eigenvalue weighted by atomic mass is 10.1. The Hall–Kier alpha value is -2.12. The molecule has 6 nitrogen and oxygen atoms in total. The van der Waals surface area contributed by atoms with E-state index >= 15 is 0 Å². The number of aromatic hydroxyl groups is 1. The van der Waals surface area contributed by atoms with Crippen molar-refractivity contribution in [1.82, 2.24) is 10.2 Å². The number of carbonyl (C=O) groups is 1. The molecule has 7 heteroatoms. The van der Waals surface area contributed by atoms with E-state index in [9.17, 15) is 9.90 Å². The molecule has 1 saturated heterocycles. The van der Waals surface area contributed by atoms with Gasteiger partial charge >= 0.3 is 0 Å². The van der Waals surface area contributed by atoms with Gasteiger partial charge in [-0.15, -0.1) is 0 Å². The zero-order valence-electron chi connectivity index (χ0n) is 13.2. The van der Waals surface area contributed by atoms with Gasteiger partial charge in [0.1, 0.15) is 5.70 Å². The second-order valence-corrected chi connectivity index (χ2v) is 5.34. The fraction of sp³-hybridized carbons (Fsp3) is 0.375. The predicted molar refractivity (Wildman–Crippen MR) is 91.2 cm³/mol. The van der Waals surface area contributed by atoms with Crippen LogP contribution in [0.1, 0.15) is 18.9 Å². The third kappa shape index (κ3) is 4.20. The lowest BCUT2D eigenvalue weighted by molar-refractivity contribution is -0.122. The molecular weight excluding hydrogens is 316 g/mol. The second kappa shape index (κ2) is 7.94. The molecule has 1 fully saturated rings. The normalized spacial score (nSPS) is 16.1. The van der Waals surface area contributed by atoms with Crippen molar-refractivity contribution in [3.05, 3.63) is 29.5 Å². The van der Waals surface area contributed by atoms with Crippen molar-refractivity contribution < 1.29 is 19.4 Å². The van der Waals surface area contributed by atoms with E-state index in [1.54, 1.807) is 25.3 Å². The molecule has 0 bridgehead atoms. The third-order valence-corrected chi connectivity index (χ3v) is 3.61. The van der Waals surface area contributed by atoms with E-state index in [2.05, 4.69) is 5.32 Å². The summed E-state index contributed by atoms with van der Waals surface area (Å²) in [7, 11) is 1.62. The first-order valence-electron chi connectivity index (χ1n) is 7.36. The maximum atomic E-state index is 12.4. The molecule has 0 aliphatic carbocycles. The van der Waals surface area contributed by atoms with Gasteiger partial charge in [0, 0.05) is 20.3 Å². The Kier molecular flexibility index (Phi) is 5.95. The van der Waals surface area contributed by atoms with Crippen molar-refractivity contribution in [3.63, 3.8) is 0 Å². The molecule has 1 aliphatic rings. The monoisotopic (exact) mass is 336 g/mol. The summed E-state index contributed by atoms with van der Waals surface area (Å²) in [4.78, 5) is 13.9. The average Bonchev–Trinajstić information content (AvgIpc) is 2.78. The molecule has 1 aromatic carbocycles. The van der Waals surface area contributed by atoms with Gasteiger partial charge < -0.3 is 19.9 Å². The Morgan fingerprint density at radius 3 is 2.91 bits per heavy atom. The van der Waals surface area contributed by atoms with Crippen molar-refractivity contribution in [2.45, 2.75) is 13.3 Å². The van der Waals surface area contributed by atoms with E-state index in [-0.39, 0.29) is 11.7 Å². The van der Waals surface area contributed by atoms with E-state index in [0.29, 0.717) is 42.7 Å². The van der Waals surface area contributed by atoms with Gasteiger partial charge in [-0.25, -0.2) is 0 Å². The number of phenols is 1. The Bertz CT molecular complexity index is 631. The van der Waals surface area contributed by atoms with Crippen LogP contribution in [-0.2, 0) is 9.53 Å². The SMILES string of the molecule is CCOc1cc(/C=C2/NC(=S)N(CCCOC)C2=O)ccc1O. The second-order valence-electron chi connectivity index (χ2n) is 4.95. The van der Waals surface area contributed by atoms with Gasteiger partial charge in [0.2, 0.25) is 0 Å². The minimum atomic E-state index is -0.169. The van der Waals surface area contributed by atoms with Crippen molar-refractivity contribution in [2.24, 2.45) is 0 Å². The quantitative estimate of drug-likeness (QED) is 0.450. The summed E-state index contributed by atoms with van der Waals surface area (Å²) in [6.45, 7) is 3.36. The zero-order chi connectivity index (χ0) is 16.8. The number of methoxy groups -OCH3 is 1. The number of nitrogens with one attached hydrogen (secondary N) is 1. The van der Waals surface area contributed by atoms with Crippen LogP contribution in [-0.4, -0.2) is 47.9 Å². The summed E-state index contributed by atoms with van der Waals surface area (Å²) >= 11 is 5.20. The Labute approximate surface area is 140 Å². The summed E-state index contributed by atoms with van der Waals surface area (Å²) in [6, 6.07) is 4.92. The van der Waals surface area contributed by atoms with Gasteiger partial charge in [0.05, 0.1) is 6.61 Å². The van der Waals surface area contributed by atoms with Crippen LogP contribution in [0, 0.1) is 0 Å². The smallest absolute Gasteiger partial charge is 0.276 e. The largest absolute Gasteiger partial charge is 0.504 e. The molecule has 124 valence electrons. The van der Waals surface area contributed by atoms with Crippen molar-refractivity contribution in [1.29, 1.82) is 0 Å². The van der Waals surface area contributed by atoms with Crippen LogP contribution in [0.5, 0.6) is 11.5 Å². The number of ether oxygens (including phenoxy) is 2. The number of amides is 1. The predicted octanol–water partition coefficient (Wildman–Crippen LogP) is 1.89. The molecule has 0 atom stereocenters. The highest BCUT2D eigenvalue weighted by Crippen LogP contribution is 2.28. The number of thiocarbonyl (C=S) groups is 1. The van der Waals surface area contributed by atoms with E-state index in [4.69, 9.17) is 21.7 Å². The molecule has 0 radical (unpaired) electrons. The highest BCUT2D eigenvalue weighted by Gasteiger charge is 2.29. The van der Waals surface area contributed by atoms with Gasteiger partial charge in [0.25, 0.3) is 5.91 Å². The zero-order valence-corrected chi connectivity index (χ0v) is 14.0. The number of hydrogen-bond donors (Lipinski definition) is 2. The summed E-state index contributed by atoms with van der Waals surface area (Å²) < 4.78 is 10.3. The Morgan fingerprint density at radius 2 is 2.22 bits per heavy atom. The van der Waals surface area contributed by atoms with E-state index in [1.807, 2.05) is 6.92 Å². The molecule has 2 rings (SSSR count). The Balaban J connectivity index is 2.15. The van der Waals surface area contributed by atoms with E-state index < -0.39 is 0 Å². The molecule has 1 heterocycles. The maximum absolute atomic E-state index is 12.4. The summed E-state index contributed by atoms with van der Waals surface area (Å²) in [5, 5.41) is 13.0. The van der Waals surface area contributed by atoms with Crippen LogP contribution in [0.3, 0.4) is 0 Å². The van der Waals surface area contributed by atoms with Crippen molar-refractivity contribution in [2.75, 3.05) is 26.9 Å². The molecule has 2 N–H and O–H groups in total. The van der Waals surface area contributed by atoms with Crippen LogP contribution in [0.2, 0.25) is 0 Å². The van der Waals surface area contributed by atoms with Crippen molar-refractivity contribution in [3.8, 4) is 11.5 Å². The Morgan fingerprint density at radius 1 is 1.43 bits per heavy atom. The molecule has 23 heavy (non-hydrogen) atoms. The standard InChI is InChI=1S/C16H20N2O4S/c1-3-22-14-10-11(5-6-13(14)19)9-12-15(20)18(16(23)17-12)7-4-8-21-2/h5-6,9-10,19H,3-4,7-8H2,1-2H3,(H,17,23)/b12-9+. The minimum absolute atomic E-state index is 0.0661. The maximum Gasteiger partial charge on any atom is 0.276 e. The molecule has 0 aromatic heterocycles. The fourth-order valence-corrected chi connectivity index (χ4v) is 2.48. The van der Waals surface area contributed by atoms with Gasteiger partial charge in [-0.2, -0.15) is 0 Å². The fourth-order valence-electron chi connectivity index (χ4n) is 2.20. The summed E-state index contributed by atoms with van der Waals surface area (Å²) in [5.74, 6) is 0.278. The van der Waals surface area contributed by atoms with E-state index in [0.717, 1.165) is 5.56 Å². The minimum Gasteiger partial charge on any atom is -0.504 e. The molecular formula is C16H20N2O4S. The van der Waals surface area contributed by atoms with Crippen LogP contribution in [0.4, 0.5) is 0 Å². The first-order valence-corrected chi connectivity index (χ1v) is 7.77. The number of hydrogen-bond acceptors (Lipinski definition) is 5. The van der Waals surface area contributed by atoms with Crippen LogP contribution < -0.4 is 10.1 Å². The van der Waals surface area contributed by atoms with Gasteiger partial charge in [-0.1, -0.05) is 6.07 Å². The molecule has 1 aliphatic heterocycles. The third-order valence-electron chi connectivity index (χ3n) is 3.29. The number of benzene rings is 1. The summed E-state index contributed by atoms with van der Waals surface area (Å²) in [6.07, 6.45) is 2.40.